The molecule has 1 saturated carbocycles. The van der Waals surface area contributed by atoms with Crippen LogP contribution < -0.4 is 5.32 Å². The predicted octanol–water partition coefficient (Wildman–Crippen LogP) is 4.54. The van der Waals surface area contributed by atoms with E-state index in [2.05, 4.69) is 52.5 Å². The highest BCUT2D eigenvalue weighted by Crippen LogP contribution is 2.37. The number of hydrogen-bond acceptors (Lipinski definition) is 3. The number of rotatable bonds is 5. The minimum Gasteiger partial charge on any atom is -0.370 e. The molecule has 0 aliphatic heterocycles. The molecule has 1 N–H and O–H groups in total. The second-order valence-electron chi connectivity index (χ2n) is 5.87. The van der Waals surface area contributed by atoms with Crippen LogP contribution in [-0.2, 0) is 0 Å². The first-order valence-corrected chi connectivity index (χ1v) is 7.96. The van der Waals surface area contributed by atoms with Gasteiger partial charge in [-0.2, -0.15) is 0 Å². The van der Waals surface area contributed by atoms with Gasteiger partial charge in [0.25, 0.3) is 0 Å². The number of aryl methyl sites for hydroxylation is 1. The lowest BCUT2D eigenvalue weighted by Gasteiger charge is -2.26. The summed E-state index contributed by atoms with van der Waals surface area (Å²) < 4.78 is 0. The normalized spacial score (nSPS) is 14.8. The summed E-state index contributed by atoms with van der Waals surface area (Å²) in [5.74, 6) is 2.50. The Hall–Kier alpha value is -1.90. The van der Waals surface area contributed by atoms with Crippen molar-refractivity contribution >= 4 is 5.82 Å². The van der Waals surface area contributed by atoms with Crippen LogP contribution in [0.4, 0.5) is 5.82 Å². The molecule has 1 heterocycles. The van der Waals surface area contributed by atoms with Crippen LogP contribution in [0.2, 0.25) is 0 Å². The van der Waals surface area contributed by atoms with Crippen LogP contribution in [0, 0.1) is 6.92 Å². The van der Waals surface area contributed by atoms with Crippen LogP contribution in [-0.4, -0.2) is 16.5 Å². The van der Waals surface area contributed by atoms with Crippen molar-refractivity contribution in [2.75, 3.05) is 11.9 Å². The van der Waals surface area contributed by atoms with Crippen molar-refractivity contribution in [3.8, 4) is 11.3 Å². The standard InChI is InChI=1S/C18H23N3/c1-3-10-19-18-12-17(20-13(2)21-18)16-9-5-8-15(11-16)14-6-4-7-14/h5,8-9,11-12,14H,3-4,6-7,10H2,1-2H3,(H,19,20,21). The Bertz CT molecular complexity index is 618. The number of benzene rings is 1. The maximum absolute atomic E-state index is 4.61. The zero-order valence-corrected chi connectivity index (χ0v) is 12.9. The highest BCUT2D eigenvalue weighted by molar-refractivity contribution is 5.63. The van der Waals surface area contributed by atoms with Gasteiger partial charge in [-0.15, -0.1) is 0 Å². The fraction of sp³-hybridized carbons (Fsp3) is 0.444. The molecular formula is C18H23N3. The summed E-state index contributed by atoms with van der Waals surface area (Å²) in [6.45, 7) is 5.05. The van der Waals surface area contributed by atoms with Gasteiger partial charge in [0, 0.05) is 18.2 Å². The van der Waals surface area contributed by atoms with Gasteiger partial charge in [-0.25, -0.2) is 9.97 Å². The first-order chi connectivity index (χ1) is 10.3. The number of nitrogens with one attached hydrogen (secondary N) is 1. The maximum Gasteiger partial charge on any atom is 0.130 e. The fourth-order valence-electron chi connectivity index (χ4n) is 2.75. The maximum atomic E-state index is 4.61. The van der Waals surface area contributed by atoms with Gasteiger partial charge in [0.05, 0.1) is 5.69 Å². The first-order valence-electron chi connectivity index (χ1n) is 7.96. The average Bonchev–Trinajstić information content (AvgIpc) is 2.43. The van der Waals surface area contributed by atoms with E-state index in [0.29, 0.717) is 0 Å². The Balaban J connectivity index is 1.90. The monoisotopic (exact) mass is 281 g/mol. The highest BCUT2D eigenvalue weighted by Gasteiger charge is 2.19. The van der Waals surface area contributed by atoms with E-state index in [1.165, 1.54) is 30.4 Å². The molecule has 3 nitrogen and oxygen atoms in total. The van der Waals surface area contributed by atoms with Gasteiger partial charge in [-0.1, -0.05) is 31.5 Å². The molecule has 0 atom stereocenters. The van der Waals surface area contributed by atoms with Gasteiger partial charge in [0.1, 0.15) is 11.6 Å². The third-order valence-electron chi connectivity index (χ3n) is 4.15. The van der Waals surface area contributed by atoms with Crippen molar-refractivity contribution in [1.29, 1.82) is 0 Å². The molecule has 0 unspecified atom stereocenters. The zero-order chi connectivity index (χ0) is 14.7. The van der Waals surface area contributed by atoms with Gasteiger partial charge >= 0.3 is 0 Å². The van der Waals surface area contributed by atoms with Crippen LogP contribution >= 0.6 is 0 Å². The Morgan fingerprint density at radius 3 is 2.76 bits per heavy atom. The Labute approximate surface area is 126 Å². The molecule has 2 aromatic rings. The smallest absolute Gasteiger partial charge is 0.130 e. The summed E-state index contributed by atoms with van der Waals surface area (Å²) in [5, 5.41) is 3.35. The Morgan fingerprint density at radius 1 is 1.19 bits per heavy atom. The largest absolute Gasteiger partial charge is 0.370 e. The summed E-state index contributed by atoms with van der Waals surface area (Å²) in [7, 11) is 0. The van der Waals surface area contributed by atoms with Gasteiger partial charge in [-0.3, -0.25) is 0 Å². The predicted molar refractivity (Wildman–Crippen MR) is 87.6 cm³/mol. The van der Waals surface area contributed by atoms with Crippen LogP contribution in [0.1, 0.15) is 49.9 Å². The molecule has 1 aliphatic carbocycles. The molecule has 0 radical (unpaired) electrons. The van der Waals surface area contributed by atoms with Crippen molar-refractivity contribution in [2.24, 2.45) is 0 Å². The van der Waals surface area contributed by atoms with E-state index in [9.17, 15) is 0 Å². The van der Waals surface area contributed by atoms with E-state index in [0.717, 1.165) is 36.2 Å². The van der Waals surface area contributed by atoms with Gasteiger partial charge in [0.15, 0.2) is 0 Å². The molecule has 0 bridgehead atoms. The van der Waals surface area contributed by atoms with Gasteiger partial charge < -0.3 is 5.32 Å². The second-order valence-corrected chi connectivity index (χ2v) is 5.87. The molecule has 1 aromatic carbocycles. The molecular weight excluding hydrogens is 258 g/mol. The van der Waals surface area contributed by atoms with Crippen LogP contribution in [0.3, 0.4) is 0 Å². The lowest BCUT2D eigenvalue weighted by Crippen LogP contribution is -2.08. The van der Waals surface area contributed by atoms with Gasteiger partial charge in [-0.05, 0) is 43.7 Å². The molecule has 1 aromatic heterocycles. The van der Waals surface area contributed by atoms with E-state index in [1.54, 1.807) is 0 Å². The molecule has 1 fully saturated rings. The van der Waals surface area contributed by atoms with Crippen molar-refractivity contribution in [3.05, 3.63) is 41.7 Å². The molecule has 3 rings (SSSR count). The average molecular weight is 281 g/mol. The molecule has 1 aliphatic rings. The van der Waals surface area contributed by atoms with Crippen molar-refractivity contribution < 1.29 is 0 Å². The van der Waals surface area contributed by atoms with Crippen molar-refractivity contribution in [1.82, 2.24) is 9.97 Å². The van der Waals surface area contributed by atoms with E-state index in [4.69, 9.17) is 0 Å². The quantitative estimate of drug-likeness (QED) is 0.874. The van der Waals surface area contributed by atoms with Crippen LogP contribution in [0.5, 0.6) is 0 Å². The van der Waals surface area contributed by atoms with Crippen LogP contribution in [0.25, 0.3) is 11.3 Å². The Kier molecular flexibility index (Phi) is 4.18. The molecule has 0 saturated heterocycles. The Morgan fingerprint density at radius 2 is 2.05 bits per heavy atom. The zero-order valence-electron chi connectivity index (χ0n) is 12.9. The van der Waals surface area contributed by atoms with E-state index in [1.807, 2.05) is 6.92 Å². The summed E-state index contributed by atoms with van der Waals surface area (Å²) in [5.41, 5.74) is 3.67. The van der Waals surface area contributed by atoms with E-state index >= 15 is 0 Å². The third-order valence-corrected chi connectivity index (χ3v) is 4.15. The summed E-state index contributed by atoms with van der Waals surface area (Å²) in [4.78, 5) is 9.06. The molecule has 0 amide bonds. The van der Waals surface area contributed by atoms with Gasteiger partial charge in [0.2, 0.25) is 0 Å². The van der Waals surface area contributed by atoms with Crippen molar-refractivity contribution in [3.63, 3.8) is 0 Å². The summed E-state index contributed by atoms with van der Waals surface area (Å²) in [6, 6.07) is 10.9. The molecule has 21 heavy (non-hydrogen) atoms. The first kappa shape index (κ1) is 14.1. The third kappa shape index (κ3) is 3.23. The lowest BCUT2D eigenvalue weighted by atomic mass is 9.79. The topological polar surface area (TPSA) is 37.8 Å². The summed E-state index contributed by atoms with van der Waals surface area (Å²) >= 11 is 0. The number of anilines is 1. The van der Waals surface area contributed by atoms with E-state index in [-0.39, 0.29) is 0 Å². The van der Waals surface area contributed by atoms with E-state index < -0.39 is 0 Å². The second kappa shape index (κ2) is 6.25. The van der Waals surface area contributed by atoms with Crippen LogP contribution in [0.15, 0.2) is 30.3 Å². The molecule has 110 valence electrons. The summed E-state index contributed by atoms with van der Waals surface area (Å²) in [6.07, 6.45) is 5.12. The molecule has 3 heteroatoms. The minimum absolute atomic E-state index is 0.755. The SMILES string of the molecule is CCCNc1cc(-c2cccc(C3CCC3)c2)nc(C)n1. The number of aromatic nitrogens is 2. The fourth-order valence-corrected chi connectivity index (χ4v) is 2.75. The number of nitrogens with zero attached hydrogens (tertiary/aromatic N) is 2. The van der Waals surface area contributed by atoms with Crippen molar-refractivity contribution in [2.45, 2.75) is 45.4 Å². The minimum atomic E-state index is 0.755. The molecule has 0 spiro atoms. The number of hydrogen-bond donors (Lipinski definition) is 1. The lowest BCUT2D eigenvalue weighted by molar-refractivity contribution is 0.420. The highest BCUT2D eigenvalue weighted by atomic mass is 15.0.